The number of H-pyrrole nitrogens is 1. The topological polar surface area (TPSA) is 51.4 Å². The number of aromatic nitrogens is 5. The van der Waals surface area contributed by atoms with E-state index in [0.29, 0.717) is 4.77 Å². The fourth-order valence-electron chi connectivity index (χ4n) is 1.67. The summed E-state index contributed by atoms with van der Waals surface area (Å²) in [7, 11) is 1.92. The fraction of sp³-hybridized carbons (Fsp3) is 0.500. The first kappa shape index (κ1) is 11.1. The maximum Gasteiger partial charge on any atom is 0.195 e. The molecule has 0 saturated heterocycles. The summed E-state index contributed by atoms with van der Waals surface area (Å²) < 4.78 is 4.53. The molecule has 0 amide bonds. The smallest absolute Gasteiger partial charge is 0.195 e. The third kappa shape index (κ3) is 2.21. The lowest BCUT2D eigenvalue weighted by Crippen LogP contribution is -2.06. The summed E-state index contributed by atoms with van der Waals surface area (Å²) in [5, 5.41) is 11.3. The van der Waals surface area contributed by atoms with Crippen molar-refractivity contribution < 1.29 is 0 Å². The van der Waals surface area contributed by atoms with Crippen molar-refractivity contribution in [1.82, 2.24) is 24.5 Å². The lowest BCUT2D eigenvalue weighted by Gasteiger charge is -2.03. The Balaban J connectivity index is 2.09. The summed E-state index contributed by atoms with van der Waals surface area (Å²) in [6, 6.07) is 2.02. The third-order valence-electron chi connectivity index (χ3n) is 2.51. The van der Waals surface area contributed by atoms with Gasteiger partial charge in [0.2, 0.25) is 0 Å². The molecule has 0 bridgehead atoms. The van der Waals surface area contributed by atoms with Gasteiger partial charge >= 0.3 is 0 Å². The highest BCUT2D eigenvalue weighted by atomic mass is 32.1. The van der Waals surface area contributed by atoms with Crippen LogP contribution in [0.2, 0.25) is 0 Å². The predicted molar refractivity (Wildman–Crippen MR) is 63.7 cm³/mol. The van der Waals surface area contributed by atoms with Crippen molar-refractivity contribution in [2.45, 2.75) is 26.3 Å². The van der Waals surface area contributed by atoms with E-state index in [1.165, 1.54) is 0 Å². The molecule has 5 nitrogen and oxygen atoms in total. The van der Waals surface area contributed by atoms with Crippen molar-refractivity contribution >= 4 is 12.2 Å². The van der Waals surface area contributed by atoms with Crippen molar-refractivity contribution in [2.75, 3.05) is 0 Å². The van der Waals surface area contributed by atoms with E-state index in [0.717, 1.165) is 30.9 Å². The van der Waals surface area contributed by atoms with Gasteiger partial charge in [0.15, 0.2) is 4.77 Å². The molecule has 0 aliphatic carbocycles. The van der Waals surface area contributed by atoms with Gasteiger partial charge < -0.3 is 4.57 Å². The number of aryl methyl sites for hydroxylation is 3. The van der Waals surface area contributed by atoms with E-state index >= 15 is 0 Å². The van der Waals surface area contributed by atoms with E-state index in [1.807, 2.05) is 28.6 Å². The minimum Gasteiger partial charge on any atom is -0.304 e. The van der Waals surface area contributed by atoms with Crippen molar-refractivity contribution in [3.63, 3.8) is 0 Å². The summed E-state index contributed by atoms with van der Waals surface area (Å²) in [6.45, 7) is 2.90. The Bertz CT molecular complexity index is 521. The van der Waals surface area contributed by atoms with Crippen LogP contribution in [0.1, 0.15) is 18.4 Å². The summed E-state index contributed by atoms with van der Waals surface area (Å²) in [6.07, 6.45) is 3.71. The highest BCUT2D eigenvalue weighted by Gasteiger charge is 2.04. The summed E-state index contributed by atoms with van der Waals surface area (Å²) >= 11 is 5.18. The zero-order chi connectivity index (χ0) is 11.5. The first-order chi connectivity index (χ1) is 7.70. The average molecular weight is 237 g/mol. The van der Waals surface area contributed by atoms with Crippen LogP contribution in [0.4, 0.5) is 0 Å². The van der Waals surface area contributed by atoms with E-state index in [-0.39, 0.29) is 0 Å². The van der Waals surface area contributed by atoms with Crippen molar-refractivity contribution in [3.8, 4) is 0 Å². The molecule has 1 N–H and O–H groups in total. The zero-order valence-electron chi connectivity index (χ0n) is 9.47. The van der Waals surface area contributed by atoms with Gasteiger partial charge in [0.05, 0.1) is 5.69 Å². The Morgan fingerprint density at radius 1 is 1.50 bits per heavy atom. The number of hydrogen-bond donors (Lipinski definition) is 1. The average Bonchev–Trinajstić information content (AvgIpc) is 2.82. The van der Waals surface area contributed by atoms with E-state index in [1.54, 1.807) is 0 Å². The molecule has 2 rings (SSSR count). The van der Waals surface area contributed by atoms with Gasteiger partial charge in [0.25, 0.3) is 0 Å². The van der Waals surface area contributed by atoms with Crippen LogP contribution >= 0.6 is 12.2 Å². The molecule has 0 aromatic carbocycles. The molecular formula is C10H15N5S. The molecule has 0 atom stereocenters. The Kier molecular flexibility index (Phi) is 3.19. The van der Waals surface area contributed by atoms with Crippen molar-refractivity contribution in [2.24, 2.45) is 7.05 Å². The summed E-state index contributed by atoms with van der Waals surface area (Å²) in [5.41, 5.74) is 1.08. The van der Waals surface area contributed by atoms with Crippen molar-refractivity contribution in [1.29, 1.82) is 0 Å². The molecule has 0 unspecified atom stereocenters. The van der Waals surface area contributed by atoms with Gasteiger partial charge in [-0.2, -0.15) is 10.2 Å². The molecule has 0 fully saturated rings. The van der Waals surface area contributed by atoms with Gasteiger partial charge in [-0.05, 0) is 18.3 Å². The first-order valence-corrected chi connectivity index (χ1v) is 5.74. The molecule has 86 valence electrons. The quantitative estimate of drug-likeness (QED) is 0.819. The third-order valence-corrected chi connectivity index (χ3v) is 2.83. The van der Waals surface area contributed by atoms with E-state index in [9.17, 15) is 0 Å². The number of nitrogens with one attached hydrogen (secondary N) is 1. The zero-order valence-corrected chi connectivity index (χ0v) is 10.3. The van der Waals surface area contributed by atoms with E-state index in [2.05, 4.69) is 22.2 Å². The lowest BCUT2D eigenvalue weighted by atomic mass is 10.3. The Morgan fingerprint density at radius 3 is 2.94 bits per heavy atom. The fourth-order valence-corrected chi connectivity index (χ4v) is 1.92. The molecule has 2 aromatic rings. The number of nitrogens with zero attached hydrogens (tertiary/aromatic N) is 4. The molecule has 6 heteroatoms. The second-order valence-corrected chi connectivity index (χ2v) is 4.07. The first-order valence-electron chi connectivity index (χ1n) is 5.33. The van der Waals surface area contributed by atoms with Gasteiger partial charge in [0.1, 0.15) is 5.82 Å². The van der Waals surface area contributed by atoms with E-state index in [4.69, 9.17) is 12.2 Å². The summed E-state index contributed by atoms with van der Waals surface area (Å²) in [5.74, 6) is 1.00. The monoisotopic (exact) mass is 237 g/mol. The van der Waals surface area contributed by atoms with Crippen LogP contribution in [0.25, 0.3) is 0 Å². The highest BCUT2D eigenvalue weighted by molar-refractivity contribution is 7.71. The lowest BCUT2D eigenvalue weighted by molar-refractivity contribution is 0.630. The van der Waals surface area contributed by atoms with Gasteiger partial charge in [-0.3, -0.25) is 9.78 Å². The predicted octanol–water partition coefficient (Wildman–Crippen LogP) is 1.48. The molecule has 0 aliphatic heterocycles. The minimum atomic E-state index is 0.688. The maximum atomic E-state index is 5.18. The molecule has 0 radical (unpaired) electrons. The number of rotatable bonds is 4. The second-order valence-electron chi connectivity index (χ2n) is 3.68. The minimum absolute atomic E-state index is 0.688. The molecule has 2 heterocycles. The maximum absolute atomic E-state index is 5.18. The van der Waals surface area contributed by atoms with Crippen LogP contribution < -0.4 is 0 Å². The molecule has 2 aromatic heterocycles. The van der Waals surface area contributed by atoms with Crippen LogP contribution in [0.15, 0.2) is 12.3 Å². The van der Waals surface area contributed by atoms with Gasteiger partial charge in [-0.1, -0.05) is 6.92 Å². The molecule has 0 saturated carbocycles. The normalized spacial score (nSPS) is 10.9. The Morgan fingerprint density at radius 2 is 2.31 bits per heavy atom. The Labute approximate surface area is 99.1 Å². The van der Waals surface area contributed by atoms with Crippen molar-refractivity contribution in [3.05, 3.63) is 28.6 Å². The van der Waals surface area contributed by atoms with Crippen LogP contribution in [0.3, 0.4) is 0 Å². The van der Waals surface area contributed by atoms with Gasteiger partial charge in [0, 0.05) is 32.6 Å². The largest absolute Gasteiger partial charge is 0.304 e. The molecule has 0 spiro atoms. The molecular weight excluding hydrogens is 222 g/mol. The highest BCUT2D eigenvalue weighted by Crippen LogP contribution is 2.03. The van der Waals surface area contributed by atoms with Crippen LogP contribution in [0.5, 0.6) is 0 Å². The van der Waals surface area contributed by atoms with Crippen LogP contribution in [0, 0.1) is 4.77 Å². The number of hydrogen-bond acceptors (Lipinski definition) is 3. The SMILES string of the molecule is CCc1n[nH]c(=S)n1CCc1ccn(C)n1. The van der Waals surface area contributed by atoms with Gasteiger partial charge in [-0.15, -0.1) is 0 Å². The Hall–Kier alpha value is -1.43. The number of aromatic amines is 1. The second kappa shape index (κ2) is 4.61. The standard InChI is InChI=1S/C10H15N5S/c1-3-9-11-12-10(16)15(9)7-5-8-4-6-14(2)13-8/h4,6H,3,5,7H2,1-2H3,(H,12,16). The van der Waals surface area contributed by atoms with E-state index < -0.39 is 0 Å². The van der Waals surface area contributed by atoms with Crippen LogP contribution in [-0.4, -0.2) is 24.5 Å². The summed E-state index contributed by atoms with van der Waals surface area (Å²) in [4.78, 5) is 0. The van der Waals surface area contributed by atoms with Crippen LogP contribution in [-0.2, 0) is 26.4 Å². The molecule has 0 aliphatic rings. The van der Waals surface area contributed by atoms with Gasteiger partial charge in [-0.25, -0.2) is 0 Å². The molecule has 16 heavy (non-hydrogen) atoms.